The van der Waals surface area contributed by atoms with E-state index in [1.807, 2.05) is 54.3 Å². The second-order valence-corrected chi connectivity index (χ2v) is 8.47. The molecule has 0 aliphatic carbocycles. The van der Waals surface area contributed by atoms with E-state index in [0.29, 0.717) is 36.9 Å². The SMILES string of the molecule is Cc1ccc(-n2nccn2)c(C(=O)N2CCN(c3nc4ccccc4o3)C(C)C(C)C2)c1. The zero-order valence-electron chi connectivity index (χ0n) is 18.5. The lowest BCUT2D eigenvalue weighted by atomic mass is 10.0. The standard InChI is InChI=1S/C24H26N6O2/c1-16-8-9-21(30-25-10-11-26-30)19(14-16)23(31)28-12-13-29(18(3)17(2)15-28)24-27-20-6-4-5-7-22(20)32-24/h4-11,14,17-18H,12-13,15H2,1-3H3. The molecule has 5 rings (SSSR count). The van der Waals surface area contributed by atoms with Crippen molar-refractivity contribution < 1.29 is 9.21 Å². The molecule has 0 saturated carbocycles. The fourth-order valence-electron chi connectivity index (χ4n) is 4.27. The lowest BCUT2D eigenvalue weighted by Crippen LogP contribution is -2.38. The number of carbonyl (C=O) groups is 1. The highest BCUT2D eigenvalue weighted by atomic mass is 16.4. The van der Waals surface area contributed by atoms with Gasteiger partial charge in [-0.25, -0.2) is 0 Å². The summed E-state index contributed by atoms with van der Waals surface area (Å²) in [7, 11) is 0. The first-order valence-corrected chi connectivity index (χ1v) is 10.9. The van der Waals surface area contributed by atoms with Gasteiger partial charge in [-0.1, -0.05) is 30.7 Å². The molecule has 1 saturated heterocycles. The molecule has 1 fully saturated rings. The number of aromatic nitrogens is 4. The van der Waals surface area contributed by atoms with Crippen LogP contribution in [-0.2, 0) is 0 Å². The average molecular weight is 431 g/mol. The minimum Gasteiger partial charge on any atom is -0.423 e. The van der Waals surface area contributed by atoms with Crippen LogP contribution < -0.4 is 4.90 Å². The minimum atomic E-state index is -0.0144. The summed E-state index contributed by atoms with van der Waals surface area (Å²) in [6.07, 6.45) is 3.23. The maximum Gasteiger partial charge on any atom is 0.298 e. The Morgan fingerprint density at radius 1 is 1.06 bits per heavy atom. The summed E-state index contributed by atoms with van der Waals surface area (Å²) in [4.78, 5) is 23.9. The van der Waals surface area contributed by atoms with Gasteiger partial charge in [-0.3, -0.25) is 4.79 Å². The fraction of sp³-hybridized carbons (Fsp3) is 0.333. The molecule has 0 spiro atoms. The van der Waals surface area contributed by atoms with Crippen molar-refractivity contribution in [3.63, 3.8) is 0 Å². The van der Waals surface area contributed by atoms with Crippen LogP contribution in [0.2, 0.25) is 0 Å². The number of rotatable bonds is 3. The Labute approximate surface area is 186 Å². The van der Waals surface area contributed by atoms with Crippen LogP contribution in [0.4, 0.5) is 6.01 Å². The number of oxazole rings is 1. The lowest BCUT2D eigenvalue weighted by molar-refractivity contribution is 0.0747. The molecule has 1 amide bonds. The first-order chi connectivity index (χ1) is 15.5. The van der Waals surface area contributed by atoms with Crippen LogP contribution in [0.25, 0.3) is 16.8 Å². The van der Waals surface area contributed by atoms with Gasteiger partial charge < -0.3 is 14.2 Å². The van der Waals surface area contributed by atoms with Crippen LogP contribution >= 0.6 is 0 Å². The number of fused-ring (bicyclic) bond motifs is 1. The summed E-state index contributed by atoms with van der Waals surface area (Å²) in [5.74, 6) is 0.215. The number of para-hydroxylation sites is 2. The number of benzene rings is 2. The van der Waals surface area contributed by atoms with Gasteiger partial charge in [0.1, 0.15) is 5.52 Å². The molecule has 2 aromatic carbocycles. The van der Waals surface area contributed by atoms with Crippen LogP contribution in [-0.4, -0.2) is 56.5 Å². The Morgan fingerprint density at radius 3 is 2.62 bits per heavy atom. The molecule has 0 radical (unpaired) electrons. The molecule has 0 N–H and O–H groups in total. The van der Waals surface area contributed by atoms with Crippen molar-refractivity contribution in [2.75, 3.05) is 24.5 Å². The van der Waals surface area contributed by atoms with E-state index in [1.165, 1.54) is 4.80 Å². The van der Waals surface area contributed by atoms with Crippen molar-refractivity contribution in [1.29, 1.82) is 0 Å². The molecule has 2 aromatic heterocycles. The lowest BCUT2D eigenvalue weighted by Gasteiger charge is -2.28. The quantitative estimate of drug-likeness (QED) is 0.493. The predicted octanol–water partition coefficient (Wildman–Crippen LogP) is 3.70. The van der Waals surface area contributed by atoms with Crippen molar-refractivity contribution in [1.82, 2.24) is 24.9 Å². The third kappa shape index (κ3) is 3.62. The normalized spacial score (nSPS) is 19.3. The van der Waals surface area contributed by atoms with E-state index in [4.69, 9.17) is 4.42 Å². The van der Waals surface area contributed by atoms with Gasteiger partial charge >= 0.3 is 0 Å². The van der Waals surface area contributed by atoms with Gasteiger partial charge in [0.2, 0.25) is 0 Å². The molecular formula is C24H26N6O2. The van der Waals surface area contributed by atoms with Crippen LogP contribution in [0.5, 0.6) is 0 Å². The van der Waals surface area contributed by atoms with E-state index in [9.17, 15) is 4.79 Å². The number of anilines is 1. The first kappa shape index (κ1) is 20.2. The van der Waals surface area contributed by atoms with Gasteiger partial charge in [0.25, 0.3) is 11.9 Å². The molecule has 2 unspecified atom stereocenters. The average Bonchev–Trinajstić information content (AvgIpc) is 3.45. The van der Waals surface area contributed by atoms with E-state index in [-0.39, 0.29) is 17.9 Å². The number of amides is 1. The van der Waals surface area contributed by atoms with E-state index in [2.05, 4.69) is 33.9 Å². The molecule has 1 aliphatic rings. The van der Waals surface area contributed by atoms with Gasteiger partial charge in [-0.15, -0.1) is 0 Å². The molecule has 2 atom stereocenters. The van der Waals surface area contributed by atoms with E-state index in [0.717, 1.165) is 16.7 Å². The van der Waals surface area contributed by atoms with E-state index in [1.54, 1.807) is 12.4 Å². The Morgan fingerprint density at radius 2 is 1.84 bits per heavy atom. The van der Waals surface area contributed by atoms with Crippen LogP contribution in [0.15, 0.2) is 59.3 Å². The minimum absolute atomic E-state index is 0.0144. The molecule has 32 heavy (non-hydrogen) atoms. The van der Waals surface area contributed by atoms with Gasteiger partial charge in [0, 0.05) is 25.7 Å². The molecule has 4 aromatic rings. The maximum absolute atomic E-state index is 13.7. The van der Waals surface area contributed by atoms with Crippen LogP contribution in [0.1, 0.15) is 29.8 Å². The fourth-order valence-corrected chi connectivity index (χ4v) is 4.27. The zero-order chi connectivity index (χ0) is 22.2. The van der Waals surface area contributed by atoms with Crippen molar-refractivity contribution in [2.45, 2.75) is 26.8 Å². The highest BCUT2D eigenvalue weighted by Crippen LogP contribution is 2.28. The van der Waals surface area contributed by atoms with Crippen molar-refractivity contribution in [2.24, 2.45) is 5.92 Å². The van der Waals surface area contributed by atoms with Crippen molar-refractivity contribution in [3.05, 3.63) is 66.0 Å². The third-order valence-electron chi connectivity index (χ3n) is 6.27. The summed E-state index contributed by atoms with van der Waals surface area (Å²) < 4.78 is 6.04. The smallest absolute Gasteiger partial charge is 0.298 e. The van der Waals surface area contributed by atoms with E-state index < -0.39 is 0 Å². The Balaban J connectivity index is 1.44. The molecule has 1 aliphatic heterocycles. The van der Waals surface area contributed by atoms with Crippen LogP contribution in [0.3, 0.4) is 0 Å². The van der Waals surface area contributed by atoms with Crippen LogP contribution in [0, 0.1) is 12.8 Å². The van der Waals surface area contributed by atoms with E-state index >= 15 is 0 Å². The summed E-state index contributed by atoms with van der Waals surface area (Å²) in [5, 5.41) is 8.46. The highest BCUT2D eigenvalue weighted by molar-refractivity contribution is 5.98. The Kier molecular flexibility index (Phi) is 5.13. The van der Waals surface area contributed by atoms with Crippen molar-refractivity contribution in [3.8, 4) is 5.69 Å². The number of hydrogen-bond donors (Lipinski definition) is 0. The monoisotopic (exact) mass is 430 g/mol. The molecular weight excluding hydrogens is 404 g/mol. The molecule has 3 heterocycles. The Bertz CT molecular complexity index is 1220. The van der Waals surface area contributed by atoms with Gasteiger partial charge in [-0.05, 0) is 44.0 Å². The maximum atomic E-state index is 13.7. The summed E-state index contributed by atoms with van der Waals surface area (Å²) in [5.41, 5.74) is 3.93. The van der Waals surface area contributed by atoms with Crippen molar-refractivity contribution >= 4 is 23.0 Å². The molecule has 8 heteroatoms. The molecule has 0 bridgehead atoms. The summed E-state index contributed by atoms with van der Waals surface area (Å²) in [6.45, 7) is 8.19. The Hall–Kier alpha value is -3.68. The number of carbonyl (C=O) groups excluding carboxylic acids is 1. The second kappa shape index (κ2) is 8.11. The number of aryl methyl sites for hydroxylation is 1. The summed E-state index contributed by atoms with van der Waals surface area (Å²) >= 11 is 0. The first-order valence-electron chi connectivity index (χ1n) is 10.9. The number of nitrogens with zero attached hydrogens (tertiary/aromatic N) is 6. The highest BCUT2D eigenvalue weighted by Gasteiger charge is 2.32. The zero-order valence-corrected chi connectivity index (χ0v) is 18.5. The number of hydrogen-bond acceptors (Lipinski definition) is 6. The van der Waals surface area contributed by atoms with Gasteiger partial charge in [-0.2, -0.15) is 20.0 Å². The topological polar surface area (TPSA) is 80.3 Å². The second-order valence-electron chi connectivity index (χ2n) is 8.47. The summed E-state index contributed by atoms with van der Waals surface area (Å²) in [6, 6.07) is 14.3. The third-order valence-corrected chi connectivity index (χ3v) is 6.27. The van der Waals surface area contributed by atoms with Gasteiger partial charge in [0.05, 0.1) is 23.6 Å². The molecule has 164 valence electrons. The molecule has 8 nitrogen and oxygen atoms in total. The predicted molar refractivity (Wildman–Crippen MR) is 122 cm³/mol. The van der Waals surface area contributed by atoms with Gasteiger partial charge in [0.15, 0.2) is 5.58 Å². The largest absolute Gasteiger partial charge is 0.423 e.